The monoisotopic (exact) mass is 229 g/mol. The second-order valence-corrected chi connectivity index (χ2v) is 4.45. The summed E-state index contributed by atoms with van der Waals surface area (Å²) in [6, 6.07) is 13.7. The number of ketones is 1. The second kappa shape index (κ2) is 4.94. The summed E-state index contributed by atoms with van der Waals surface area (Å²) in [6.07, 6.45) is 1.62. The summed E-state index contributed by atoms with van der Waals surface area (Å²) in [6.45, 7) is 1.54. The first-order valence-electron chi connectivity index (χ1n) is 4.95. The maximum Gasteiger partial charge on any atom is 0.161 e. The van der Waals surface area contributed by atoms with Gasteiger partial charge < -0.3 is 0 Å². The van der Waals surface area contributed by atoms with E-state index in [2.05, 4.69) is 4.98 Å². The Kier molecular flexibility index (Phi) is 3.37. The van der Waals surface area contributed by atoms with E-state index in [0.717, 1.165) is 9.92 Å². The Morgan fingerprint density at radius 3 is 2.44 bits per heavy atom. The molecule has 0 atom stereocenters. The minimum atomic E-state index is 0.0451. The Labute approximate surface area is 98.7 Å². The summed E-state index contributed by atoms with van der Waals surface area (Å²) in [7, 11) is 0. The molecule has 16 heavy (non-hydrogen) atoms. The topological polar surface area (TPSA) is 30.0 Å². The van der Waals surface area contributed by atoms with E-state index in [0.29, 0.717) is 5.56 Å². The van der Waals surface area contributed by atoms with Gasteiger partial charge in [0.2, 0.25) is 0 Å². The molecule has 0 bridgehead atoms. The van der Waals surface area contributed by atoms with E-state index in [1.54, 1.807) is 30.9 Å². The quantitative estimate of drug-likeness (QED) is 0.755. The predicted octanol–water partition coefficient (Wildman–Crippen LogP) is 3.44. The molecule has 0 amide bonds. The van der Waals surface area contributed by atoms with Crippen molar-refractivity contribution in [2.45, 2.75) is 16.8 Å². The highest BCUT2D eigenvalue weighted by Gasteiger charge is 2.01. The largest absolute Gasteiger partial charge is 0.294 e. The zero-order chi connectivity index (χ0) is 11.4. The predicted molar refractivity (Wildman–Crippen MR) is 64.8 cm³/mol. The lowest BCUT2D eigenvalue weighted by molar-refractivity contribution is 0.101. The molecule has 1 aromatic carbocycles. The summed E-state index contributed by atoms with van der Waals surface area (Å²) in [5, 5.41) is 0.899. The number of carbonyl (C=O) groups is 1. The lowest BCUT2D eigenvalue weighted by Crippen LogP contribution is -1.92. The zero-order valence-electron chi connectivity index (χ0n) is 8.88. The van der Waals surface area contributed by atoms with Crippen LogP contribution in [0.2, 0.25) is 0 Å². The minimum Gasteiger partial charge on any atom is -0.294 e. The van der Waals surface area contributed by atoms with Crippen LogP contribution in [0.1, 0.15) is 17.3 Å². The zero-order valence-corrected chi connectivity index (χ0v) is 9.70. The van der Waals surface area contributed by atoms with Gasteiger partial charge in [0.1, 0.15) is 5.03 Å². The van der Waals surface area contributed by atoms with Crippen molar-refractivity contribution in [1.29, 1.82) is 0 Å². The summed E-state index contributed by atoms with van der Waals surface area (Å²) in [5.41, 5.74) is 0.650. The number of carbonyl (C=O) groups excluding carboxylic acids is 1. The van der Waals surface area contributed by atoms with Gasteiger partial charge in [-0.1, -0.05) is 30.0 Å². The Morgan fingerprint density at radius 2 is 1.88 bits per heavy atom. The third-order valence-corrected chi connectivity index (χ3v) is 3.07. The minimum absolute atomic E-state index is 0.0451. The highest BCUT2D eigenvalue weighted by atomic mass is 32.2. The average molecular weight is 229 g/mol. The molecular weight excluding hydrogens is 218 g/mol. The molecular formula is C13H11NOS. The molecule has 0 N–H and O–H groups in total. The summed E-state index contributed by atoms with van der Waals surface area (Å²) >= 11 is 1.59. The van der Waals surface area contributed by atoms with Gasteiger partial charge >= 0.3 is 0 Å². The van der Waals surface area contributed by atoms with Crippen LogP contribution in [0.5, 0.6) is 0 Å². The van der Waals surface area contributed by atoms with Gasteiger partial charge in [-0.05, 0) is 31.2 Å². The molecule has 0 aliphatic carbocycles. The van der Waals surface area contributed by atoms with Gasteiger partial charge in [-0.15, -0.1) is 0 Å². The summed E-state index contributed by atoms with van der Waals surface area (Å²) < 4.78 is 0. The molecule has 0 saturated heterocycles. The standard InChI is InChI=1S/C13H11NOS/c1-10(15)11-7-8-13(14-9-11)16-12-5-3-2-4-6-12/h2-9H,1H3. The Bertz CT molecular complexity index is 479. The SMILES string of the molecule is CC(=O)c1ccc(Sc2ccccc2)nc1. The highest BCUT2D eigenvalue weighted by molar-refractivity contribution is 7.99. The highest BCUT2D eigenvalue weighted by Crippen LogP contribution is 2.25. The first kappa shape index (κ1) is 10.9. The molecule has 0 saturated carbocycles. The Balaban J connectivity index is 2.14. The van der Waals surface area contributed by atoms with Crippen molar-refractivity contribution in [3.63, 3.8) is 0 Å². The van der Waals surface area contributed by atoms with Crippen molar-refractivity contribution >= 4 is 17.5 Å². The fraction of sp³-hybridized carbons (Fsp3) is 0.0769. The van der Waals surface area contributed by atoms with E-state index in [-0.39, 0.29) is 5.78 Å². The number of aromatic nitrogens is 1. The van der Waals surface area contributed by atoms with E-state index in [1.165, 1.54) is 0 Å². The Morgan fingerprint density at radius 1 is 1.12 bits per heavy atom. The molecule has 0 aliphatic heterocycles. The molecule has 1 heterocycles. The summed E-state index contributed by atoms with van der Waals surface area (Å²) in [5.74, 6) is 0.0451. The number of benzene rings is 1. The fourth-order valence-electron chi connectivity index (χ4n) is 1.26. The molecule has 3 heteroatoms. The molecule has 1 aromatic heterocycles. The molecule has 80 valence electrons. The molecule has 2 nitrogen and oxygen atoms in total. The van der Waals surface area contributed by atoms with Crippen molar-refractivity contribution in [3.8, 4) is 0 Å². The molecule has 0 radical (unpaired) electrons. The van der Waals surface area contributed by atoms with Crippen LogP contribution in [-0.2, 0) is 0 Å². The van der Waals surface area contributed by atoms with E-state index in [9.17, 15) is 4.79 Å². The van der Waals surface area contributed by atoms with Crippen molar-refractivity contribution in [1.82, 2.24) is 4.98 Å². The van der Waals surface area contributed by atoms with Crippen molar-refractivity contribution < 1.29 is 4.79 Å². The molecule has 0 aliphatic rings. The third-order valence-electron chi connectivity index (χ3n) is 2.11. The fourth-order valence-corrected chi connectivity index (χ4v) is 2.03. The van der Waals surface area contributed by atoms with Gasteiger partial charge in [-0.3, -0.25) is 4.79 Å². The van der Waals surface area contributed by atoms with Gasteiger partial charge in [0, 0.05) is 16.7 Å². The lowest BCUT2D eigenvalue weighted by Gasteiger charge is -2.01. The second-order valence-electron chi connectivity index (χ2n) is 3.36. The number of rotatable bonds is 3. The number of pyridine rings is 1. The van der Waals surface area contributed by atoms with Gasteiger partial charge in [-0.25, -0.2) is 4.98 Å². The summed E-state index contributed by atoms with van der Waals surface area (Å²) in [4.78, 5) is 16.4. The number of Topliss-reactive ketones (excluding diaryl/α,β-unsaturated/α-hetero) is 1. The normalized spacial score (nSPS) is 10.1. The van der Waals surface area contributed by atoms with Gasteiger partial charge in [0.15, 0.2) is 5.78 Å². The van der Waals surface area contributed by atoms with Crippen LogP contribution in [0.3, 0.4) is 0 Å². The lowest BCUT2D eigenvalue weighted by atomic mass is 10.2. The maximum atomic E-state index is 11.1. The van der Waals surface area contributed by atoms with E-state index in [1.807, 2.05) is 36.4 Å². The third kappa shape index (κ3) is 2.70. The van der Waals surface area contributed by atoms with Crippen LogP contribution in [-0.4, -0.2) is 10.8 Å². The number of nitrogens with zero attached hydrogens (tertiary/aromatic N) is 1. The van der Waals surface area contributed by atoms with Gasteiger partial charge in [0.25, 0.3) is 0 Å². The Hall–Kier alpha value is -1.61. The first-order chi connectivity index (χ1) is 7.75. The van der Waals surface area contributed by atoms with E-state index in [4.69, 9.17) is 0 Å². The van der Waals surface area contributed by atoms with Crippen LogP contribution in [0, 0.1) is 0 Å². The van der Waals surface area contributed by atoms with Crippen molar-refractivity contribution in [2.24, 2.45) is 0 Å². The number of hydrogen-bond acceptors (Lipinski definition) is 3. The van der Waals surface area contributed by atoms with Gasteiger partial charge in [0.05, 0.1) is 0 Å². The van der Waals surface area contributed by atoms with Crippen LogP contribution in [0.25, 0.3) is 0 Å². The molecule has 0 spiro atoms. The van der Waals surface area contributed by atoms with E-state index >= 15 is 0 Å². The van der Waals surface area contributed by atoms with Crippen molar-refractivity contribution in [2.75, 3.05) is 0 Å². The average Bonchev–Trinajstić information content (AvgIpc) is 2.31. The van der Waals surface area contributed by atoms with Crippen LogP contribution in [0.15, 0.2) is 58.6 Å². The van der Waals surface area contributed by atoms with Crippen LogP contribution < -0.4 is 0 Å². The van der Waals surface area contributed by atoms with Crippen molar-refractivity contribution in [3.05, 3.63) is 54.2 Å². The smallest absolute Gasteiger partial charge is 0.161 e. The number of hydrogen-bond donors (Lipinski definition) is 0. The molecule has 0 fully saturated rings. The van der Waals surface area contributed by atoms with Gasteiger partial charge in [-0.2, -0.15) is 0 Å². The molecule has 2 rings (SSSR count). The molecule has 2 aromatic rings. The van der Waals surface area contributed by atoms with Crippen LogP contribution >= 0.6 is 11.8 Å². The first-order valence-corrected chi connectivity index (χ1v) is 5.77. The maximum absolute atomic E-state index is 11.1. The van der Waals surface area contributed by atoms with E-state index < -0.39 is 0 Å². The van der Waals surface area contributed by atoms with Crippen LogP contribution in [0.4, 0.5) is 0 Å². The molecule has 0 unspecified atom stereocenters.